The van der Waals surface area contributed by atoms with E-state index < -0.39 is 11.7 Å². The van der Waals surface area contributed by atoms with Crippen molar-refractivity contribution in [2.45, 2.75) is 0 Å². The maximum absolute atomic E-state index is 13.1. The highest BCUT2D eigenvalue weighted by Crippen LogP contribution is 2.17. The van der Waals surface area contributed by atoms with Crippen molar-refractivity contribution in [3.05, 3.63) is 47.9 Å². The third-order valence-electron chi connectivity index (χ3n) is 2.77. The summed E-state index contributed by atoms with van der Waals surface area (Å²) in [5.41, 5.74) is 7.19. The molecule has 0 radical (unpaired) electrons. The van der Waals surface area contributed by atoms with E-state index in [2.05, 4.69) is 10.3 Å². The van der Waals surface area contributed by atoms with Crippen LogP contribution in [0.5, 0.6) is 0 Å². The first-order chi connectivity index (χ1) is 9.47. The second-order valence-corrected chi connectivity index (χ2v) is 4.48. The van der Waals surface area contributed by atoms with Crippen LogP contribution < -0.4 is 16.0 Å². The van der Waals surface area contributed by atoms with E-state index in [1.54, 1.807) is 12.1 Å². The first kappa shape index (κ1) is 13.8. The quantitative estimate of drug-likeness (QED) is 0.899. The number of carbonyl (C=O) groups is 1. The molecule has 2 aromatic rings. The van der Waals surface area contributed by atoms with E-state index in [0.29, 0.717) is 5.69 Å². The Morgan fingerprint density at radius 3 is 2.55 bits per heavy atom. The highest BCUT2D eigenvalue weighted by molar-refractivity contribution is 6.07. The number of nitrogens with two attached hydrogens (primary N) is 1. The van der Waals surface area contributed by atoms with Crippen LogP contribution in [0.25, 0.3) is 0 Å². The number of hydrogen-bond acceptors (Lipinski definition) is 4. The van der Waals surface area contributed by atoms with E-state index in [1.807, 2.05) is 31.1 Å². The van der Waals surface area contributed by atoms with Gasteiger partial charge in [0, 0.05) is 25.5 Å². The maximum atomic E-state index is 13.1. The van der Waals surface area contributed by atoms with Crippen molar-refractivity contribution in [1.29, 1.82) is 0 Å². The van der Waals surface area contributed by atoms with Gasteiger partial charge in [-0.25, -0.2) is 9.37 Å². The molecule has 0 saturated heterocycles. The third-order valence-corrected chi connectivity index (χ3v) is 2.77. The van der Waals surface area contributed by atoms with Crippen molar-refractivity contribution in [2.24, 2.45) is 0 Å². The number of nitrogen functional groups attached to an aromatic ring is 1. The molecule has 6 heteroatoms. The SMILES string of the molecule is CN(C)c1ccc(NC(=O)c2cc(F)cnc2N)cc1. The molecule has 0 fully saturated rings. The summed E-state index contributed by atoms with van der Waals surface area (Å²) in [6, 6.07) is 8.31. The fraction of sp³-hybridized carbons (Fsp3) is 0.143. The lowest BCUT2D eigenvalue weighted by Gasteiger charge is -2.13. The van der Waals surface area contributed by atoms with Crippen LogP contribution in [-0.4, -0.2) is 25.0 Å². The van der Waals surface area contributed by atoms with Gasteiger partial charge < -0.3 is 16.0 Å². The average molecular weight is 274 g/mol. The summed E-state index contributed by atoms with van der Waals surface area (Å²) in [6.45, 7) is 0. The molecule has 5 nitrogen and oxygen atoms in total. The van der Waals surface area contributed by atoms with Gasteiger partial charge in [-0.3, -0.25) is 4.79 Å². The number of pyridine rings is 1. The third kappa shape index (κ3) is 3.03. The van der Waals surface area contributed by atoms with E-state index >= 15 is 0 Å². The number of rotatable bonds is 3. The van der Waals surface area contributed by atoms with E-state index in [1.165, 1.54) is 0 Å². The van der Waals surface area contributed by atoms with Gasteiger partial charge in [0.05, 0.1) is 11.8 Å². The van der Waals surface area contributed by atoms with Gasteiger partial charge in [0.2, 0.25) is 0 Å². The Morgan fingerprint density at radius 1 is 1.30 bits per heavy atom. The zero-order chi connectivity index (χ0) is 14.7. The van der Waals surface area contributed by atoms with Crippen molar-refractivity contribution in [3.8, 4) is 0 Å². The standard InChI is InChI=1S/C14H15FN4O/c1-19(2)11-5-3-10(4-6-11)18-14(20)12-7-9(15)8-17-13(12)16/h3-8H,1-2H3,(H2,16,17)(H,18,20). The summed E-state index contributed by atoms with van der Waals surface area (Å²) in [5.74, 6) is -1.10. The molecule has 20 heavy (non-hydrogen) atoms. The van der Waals surface area contributed by atoms with Crippen LogP contribution in [0.3, 0.4) is 0 Å². The van der Waals surface area contributed by atoms with Gasteiger partial charge >= 0.3 is 0 Å². The van der Waals surface area contributed by atoms with Gasteiger partial charge in [-0.1, -0.05) is 0 Å². The van der Waals surface area contributed by atoms with Crippen LogP contribution >= 0.6 is 0 Å². The average Bonchev–Trinajstić information content (AvgIpc) is 2.42. The Kier molecular flexibility index (Phi) is 3.84. The molecule has 0 unspecified atom stereocenters. The molecule has 0 atom stereocenters. The lowest BCUT2D eigenvalue weighted by Crippen LogP contribution is -2.15. The summed E-state index contributed by atoms with van der Waals surface area (Å²) in [4.78, 5) is 17.6. The Morgan fingerprint density at radius 2 is 1.95 bits per heavy atom. The first-order valence-corrected chi connectivity index (χ1v) is 5.97. The van der Waals surface area contributed by atoms with Gasteiger partial charge in [0.25, 0.3) is 5.91 Å². The molecular weight excluding hydrogens is 259 g/mol. The minimum atomic E-state index is -0.604. The number of benzene rings is 1. The lowest BCUT2D eigenvalue weighted by atomic mass is 10.2. The molecular formula is C14H15FN4O. The molecule has 0 aliphatic carbocycles. The summed E-state index contributed by atoms with van der Waals surface area (Å²) in [5, 5.41) is 2.65. The van der Waals surface area contributed by atoms with Crippen LogP contribution in [0.4, 0.5) is 21.6 Å². The van der Waals surface area contributed by atoms with E-state index in [4.69, 9.17) is 5.73 Å². The number of anilines is 3. The van der Waals surface area contributed by atoms with Crippen molar-refractivity contribution >= 4 is 23.1 Å². The maximum Gasteiger partial charge on any atom is 0.259 e. The molecule has 2 rings (SSSR count). The van der Waals surface area contributed by atoms with Gasteiger partial charge in [-0.05, 0) is 30.3 Å². The van der Waals surface area contributed by atoms with Crippen molar-refractivity contribution < 1.29 is 9.18 Å². The largest absolute Gasteiger partial charge is 0.383 e. The van der Waals surface area contributed by atoms with Crippen LogP contribution in [0.1, 0.15) is 10.4 Å². The summed E-state index contributed by atoms with van der Waals surface area (Å²) < 4.78 is 13.1. The molecule has 0 spiro atoms. The van der Waals surface area contributed by atoms with Gasteiger partial charge in [0.15, 0.2) is 0 Å². The predicted molar refractivity (Wildman–Crippen MR) is 77.3 cm³/mol. The van der Waals surface area contributed by atoms with Crippen molar-refractivity contribution in [3.63, 3.8) is 0 Å². The zero-order valence-electron chi connectivity index (χ0n) is 11.2. The van der Waals surface area contributed by atoms with Crippen LogP contribution in [0.2, 0.25) is 0 Å². The number of nitrogens with zero attached hydrogens (tertiary/aromatic N) is 2. The number of halogens is 1. The fourth-order valence-electron chi connectivity index (χ4n) is 1.67. The molecule has 0 aliphatic heterocycles. The molecule has 0 aliphatic rings. The number of amides is 1. The van der Waals surface area contributed by atoms with Gasteiger partial charge in [-0.15, -0.1) is 0 Å². The zero-order valence-corrected chi connectivity index (χ0v) is 11.2. The predicted octanol–water partition coefficient (Wildman–Crippen LogP) is 2.12. The smallest absolute Gasteiger partial charge is 0.259 e. The molecule has 1 aromatic carbocycles. The topological polar surface area (TPSA) is 71.2 Å². The van der Waals surface area contributed by atoms with Crippen molar-refractivity contribution in [2.75, 3.05) is 30.0 Å². The molecule has 104 valence electrons. The molecule has 1 amide bonds. The number of hydrogen-bond donors (Lipinski definition) is 2. The Labute approximate surface area is 116 Å². The second-order valence-electron chi connectivity index (χ2n) is 4.48. The van der Waals surface area contributed by atoms with Gasteiger partial charge in [-0.2, -0.15) is 0 Å². The van der Waals surface area contributed by atoms with E-state index in [-0.39, 0.29) is 11.4 Å². The summed E-state index contributed by atoms with van der Waals surface area (Å²) in [7, 11) is 3.85. The van der Waals surface area contributed by atoms with Crippen LogP contribution in [-0.2, 0) is 0 Å². The Hall–Kier alpha value is -2.63. The van der Waals surface area contributed by atoms with Gasteiger partial charge in [0.1, 0.15) is 11.6 Å². The second kappa shape index (κ2) is 5.56. The summed E-state index contributed by atoms with van der Waals surface area (Å²) in [6.07, 6.45) is 0.970. The number of aromatic nitrogens is 1. The van der Waals surface area contributed by atoms with Crippen LogP contribution in [0.15, 0.2) is 36.5 Å². The van der Waals surface area contributed by atoms with Crippen LogP contribution in [0, 0.1) is 5.82 Å². The lowest BCUT2D eigenvalue weighted by molar-refractivity contribution is 0.102. The minimum absolute atomic E-state index is 0.00573. The molecule has 0 saturated carbocycles. The molecule has 3 N–H and O–H groups in total. The highest BCUT2D eigenvalue weighted by Gasteiger charge is 2.12. The van der Waals surface area contributed by atoms with E-state index in [9.17, 15) is 9.18 Å². The summed E-state index contributed by atoms with van der Waals surface area (Å²) >= 11 is 0. The minimum Gasteiger partial charge on any atom is -0.383 e. The highest BCUT2D eigenvalue weighted by atomic mass is 19.1. The van der Waals surface area contributed by atoms with E-state index in [0.717, 1.165) is 18.0 Å². The number of nitrogens with one attached hydrogen (secondary N) is 1. The molecule has 0 bridgehead atoms. The fourth-order valence-corrected chi connectivity index (χ4v) is 1.67. The Bertz CT molecular complexity index is 626. The van der Waals surface area contributed by atoms with Crippen molar-refractivity contribution in [1.82, 2.24) is 4.98 Å². The Balaban J connectivity index is 2.17. The monoisotopic (exact) mass is 274 g/mol. The molecule has 1 heterocycles. The molecule has 1 aromatic heterocycles. The first-order valence-electron chi connectivity index (χ1n) is 5.97. The normalized spacial score (nSPS) is 10.2. The number of carbonyl (C=O) groups excluding carboxylic acids is 1.